The van der Waals surface area contributed by atoms with Crippen molar-refractivity contribution in [2.24, 2.45) is 4.99 Å². The van der Waals surface area contributed by atoms with Crippen LogP contribution in [0.5, 0.6) is 11.5 Å². The number of rotatable bonds is 7. The molecule has 0 spiro atoms. The van der Waals surface area contributed by atoms with Crippen molar-refractivity contribution in [2.75, 3.05) is 39.3 Å². The van der Waals surface area contributed by atoms with E-state index >= 15 is 0 Å². The number of hydrogen-bond acceptors (Lipinski definition) is 6. The van der Waals surface area contributed by atoms with E-state index in [1.54, 1.807) is 27.5 Å². The van der Waals surface area contributed by atoms with Crippen LogP contribution in [0.1, 0.15) is 12.1 Å². The molecule has 1 aromatic heterocycles. The van der Waals surface area contributed by atoms with E-state index in [1.807, 2.05) is 48.5 Å². The largest absolute Gasteiger partial charge is 0.497 e. The topological polar surface area (TPSA) is 84.2 Å². The molecule has 3 aromatic rings. The van der Waals surface area contributed by atoms with Gasteiger partial charge in [0.05, 0.1) is 26.5 Å². The standard InChI is InChI=1S/C24H29N5O3.HI/c1-25-24(26-14-19-16-32-23(27-19)17-7-5-4-6-8-17)28-18-9-10-29(15-18)20-11-21(30-2)13-22(12-20)31-3;/h4-8,11-13,16,18H,9-10,14-15H2,1-3H3,(H2,25,26,28);1H. The predicted molar refractivity (Wildman–Crippen MR) is 141 cm³/mol. The van der Waals surface area contributed by atoms with Crippen LogP contribution in [0.4, 0.5) is 5.69 Å². The average molecular weight is 563 g/mol. The zero-order valence-electron chi connectivity index (χ0n) is 19.1. The van der Waals surface area contributed by atoms with Crippen molar-refractivity contribution >= 4 is 35.6 Å². The van der Waals surface area contributed by atoms with Gasteiger partial charge in [-0.1, -0.05) is 18.2 Å². The van der Waals surface area contributed by atoms with Crippen LogP contribution in [0.15, 0.2) is 64.2 Å². The Labute approximate surface area is 211 Å². The van der Waals surface area contributed by atoms with Crippen LogP contribution in [0.3, 0.4) is 0 Å². The highest BCUT2D eigenvalue weighted by atomic mass is 127. The summed E-state index contributed by atoms with van der Waals surface area (Å²) in [5, 5.41) is 6.83. The minimum absolute atomic E-state index is 0. The smallest absolute Gasteiger partial charge is 0.226 e. The lowest BCUT2D eigenvalue weighted by atomic mass is 10.2. The third-order valence-corrected chi connectivity index (χ3v) is 5.46. The summed E-state index contributed by atoms with van der Waals surface area (Å²) in [6, 6.07) is 16.1. The maximum atomic E-state index is 5.61. The highest BCUT2D eigenvalue weighted by molar-refractivity contribution is 14.0. The van der Waals surface area contributed by atoms with Crippen molar-refractivity contribution in [3.05, 3.63) is 60.5 Å². The molecule has 0 saturated carbocycles. The number of benzene rings is 2. The Hall–Kier alpha value is -2.95. The van der Waals surface area contributed by atoms with Crippen molar-refractivity contribution in [3.8, 4) is 23.0 Å². The van der Waals surface area contributed by atoms with Gasteiger partial charge < -0.3 is 29.4 Å². The maximum absolute atomic E-state index is 5.61. The van der Waals surface area contributed by atoms with Crippen molar-refractivity contribution in [2.45, 2.75) is 19.0 Å². The van der Waals surface area contributed by atoms with Crippen molar-refractivity contribution in [1.29, 1.82) is 0 Å². The summed E-state index contributed by atoms with van der Waals surface area (Å²) in [6.07, 6.45) is 2.68. The molecule has 176 valence electrons. The zero-order chi connectivity index (χ0) is 22.3. The van der Waals surface area contributed by atoms with E-state index in [4.69, 9.17) is 13.9 Å². The van der Waals surface area contributed by atoms with E-state index < -0.39 is 0 Å². The third kappa shape index (κ3) is 6.31. The van der Waals surface area contributed by atoms with Gasteiger partial charge in [-0.05, 0) is 18.6 Å². The van der Waals surface area contributed by atoms with Crippen molar-refractivity contribution in [3.63, 3.8) is 0 Å². The van der Waals surface area contributed by atoms with Crippen LogP contribution in [0.25, 0.3) is 11.5 Å². The lowest BCUT2D eigenvalue weighted by Crippen LogP contribution is -2.44. The van der Waals surface area contributed by atoms with Gasteiger partial charge in [0.2, 0.25) is 5.89 Å². The molecule has 1 unspecified atom stereocenters. The average Bonchev–Trinajstić information content (AvgIpc) is 3.52. The molecule has 33 heavy (non-hydrogen) atoms. The van der Waals surface area contributed by atoms with Crippen LogP contribution in [0.2, 0.25) is 0 Å². The summed E-state index contributed by atoms with van der Waals surface area (Å²) in [5.74, 6) is 2.93. The van der Waals surface area contributed by atoms with E-state index in [2.05, 4.69) is 25.5 Å². The van der Waals surface area contributed by atoms with Gasteiger partial charge in [0.15, 0.2) is 5.96 Å². The first-order valence-corrected chi connectivity index (χ1v) is 10.6. The number of hydrogen-bond donors (Lipinski definition) is 2. The number of anilines is 1. The van der Waals surface area contributed by atoms with Gasteiger partial charge in [-0.2, -0.15) is 0 Å². The first-order valence-electron chi connectivity index (χ1n) is 10.6. The molecule has 0 aliphatic carbocycles. The van der Waals surface area contributed by atoms with Crippen LogP contribution in [-0.2, 0) is 6.54 Å². The Morgan fingerprint density at radius 1 is 1.15 bits per heavy atom. The molecule has 0 amide bonds. The van der Waals surface area contributed by atoms with Crippen LogP contribution in [-0.4, -0.2) is 51.3 Å². The number of guanidine groups is 1. The second kappa shape index (κ2) is 11.8. The summed E-state index contributed by atoms with van der Waals surface area (Å²) in [7, 11) is 5.10. The molecule has 2 heterocycles. The van der Waals surface area contributed by atoms with Gasteiger partial charge in [0, 0.05) is 55.6 Å². The van der Waals surface area contributed by atoms with Gasteiger partial charge in [-0.25, -0.2) is 4.98 Å². The number of nitrogens with one attached hydrogen (secondary N) is 2. The molecule has 2 aromatic carbocycles. The Bertz CT molecular complexity index is 1040. The van der Waals surface area contributed by atoms with Gasteiger partial charge in [-0.3, -0.25) is 4.99 Å². The summed E-state index contributed by atoms with van der Waals surface area (Å²) in [5.41, 5.74) is 2.87. The zero-order valence-corrected chi connectivity index (χ0v) is 21.4. The molecule has 9 heteroatoms. The molecule has 0 radical (unpaired) electrons. The summed E-state index contributed by atoms with van der Waals surface area (Å²) in [6.45, 7) is 2.33. The number of aliphatic imine (C=N–C) groups is 1. The Morgan fingerprint density at radius 2 is 1.88 bits per heavy atom. The van der Waals surface area contributed by atoms with E-state index in [9.17, 15) is 0 Å². The first-order chi connectivity index (χ1) is 15.7. The number of methoxy groups -OCH3 is 2. The van der Waals surface area contributed by atoms with Crippen LogP contribution >= 0.6 is 24.0 Å². The van der Waals surface area contributed by atoms with Crippen molar-refractivity contribution < 1.29 is 13.9 Å². The Kier molecular flexibility index (Phi) is 8.81. The third-order valence-electron chi connectivity index (χ3n) is 5.46. The van der Waals surface area contributed by atoms with Gasteiger partial charge in [0.1, 0.15) is 17.8 Å². The van der Waals surface area contributed by atoms with E-state index in [0.717, 1.165) is 53.9 Å². The molecule has 4 rings (SSSR count). The molecule has 0 bridgehead atoms. The van der Waals surface area contributed by atoms with E-state index in [-0.39, 0.29) is 30.0 Å². The van der Waals surface area contributed by atoms with E-state index in [0.29, 0.717) is 12.4 Å². The Morgan fingerprint density at radius 3 is 2.55 bits per heavy atom. The lowest BCUT2D eigenvalue weighted by Gasteiger charge is -2.21. The normalized spacial score (nSPS) is 15.7. The maximum Gasteiger partial charge on any atom is 0.226 e. The fourth-order valence-electron chi connectivity index (χ4n) is 3.75. The number of ether oxygens (including phenoxy) is 2. The number of aromatic nitrogens is 1. The minimum atomic E-state index is 0. The van der Waals surface area contributed by atoms with Crippen molar-refractivity contribution in [1.82, 2.24) is 15.6 Å². The van der Waals surface area contributed by atoms with Gasteiger partial charge >= 0.3 is 0 Å². The first kappa shape index (κ1) is 24.7. The Balaban J connectivity index is 0.00000306. The van der Waals surface area contributed by atoms with Gasteiger partial charge in [-0.15, -0.1) is 24.0 Å². The number of halogens is 1. The number of nitrogens with zero attached hydrogens (tertiary/aromatic N) is 3. The molecule has 2 N–H and O–H groups in total. The highest BCUT2D eigenvalue weighted by Crippen LogP contribution is 2.30. The van der Waals surface area contributed by atoms with Crippen LogP contribution < -0.4 is 25.0 Å². The highest BCUT2D eigenvalue weighted by Gasteiger charge is 2.24. The molecule has 8 nitrogen and oxygen atoms in total. The second-order valence-electron chi connectivity index (χ2n) is 7.58. The monoisotopic (exact) mass is 563 g/mol. The fraction of sp³-hybridized carbons (Fsp3) is 0.333. The molecule has 1 saturated heterocycles. The lowest BCUT2D eigenvalue weighted by molar-refractivity contribution is 0.394. The molecule has 1 aliphatic heterocycles. The SMILES string of the molecule is CN=C(NCc1coc(-c2ccccc2)n1)NC1CCN(c2cc(OC)cc(OC)c2)C1.I. The predicted octanol–water partition coefficient (Wildman–Crippen LogP) is 3.92. The molecule has 1 aliphatic rings. The molecular weight excluding hydrogens is 533 g/mol. The summed E-state index contributed by atoms with van der Waals surface area (Å²) in [4.78, 5) is 11.2. The molecule has 1 atom stereocenters. The van der Waals surface area contributed by atoms with Crippen LogP contribution in [0, 0.1) is 0 Å². The quantitative estimate of drug-likeness (QED) is 0.256. The molecular formula is C24H30IN5O3. The summed E-state index contributed by atoms with van der Waals surface area (Å²) < 4.78 is 16.4. The minimum Gasteiger partial charge on any atom is -0.497 e. The summed E-state index contributed by atoms with van der Waals surface area (Å²) >= 11 is 0. The number of oxazole rings is 1. The van der Waals surface area contributed by atoms with E-state index in [1.165, 1.54) is 0 Å². The molecule has 1 fully saturated rings. The van der Waals surface area contributed by atoms with Gasteiger partial charge in [0.25, 0.3) is 0 Å². The second-order valence-corrected chi connectivity index (χ2v) is 7.58. The fourth-order valence-corrected chi connectivity index (χ4v) is 3.75.